The number of hydrogen-bond acceptors (Lipinski definition) is 6. The maximum atomic E-state index is 12.3. The Balaban J connectivity index is 1.54. The van der Waals surface area contributed by atoms with E-state index in [0.717, 1.165) is 86.3 Å². The summed E-state index contributed by atoms with van der Waals surface area (Å²) < 4.78 is 13.3. The third-order valence-corrected chi connectivity index (χ3v) is 6.64. The number of carbonyl (C=O) groups is 1. The van der Waals surface area contributed by atoms with Gasteiger partial charge in [0.05, 0.1) is 30.0 Å². The van der Waals surface area contributed by atoms with Crippen LogP contribution in [0.5, 0.6) is 0 Å². The molecule has 32 heavy (non-hydrogen) atoms. The summed E-state index contributed by atoms with van der Waals surface area (Å²) in [7, 11) is 1.71. The Morgan fingerprint density at radius 2 is 2.22 bits per heavy atom. The lowest BCUT2D eigenvalue weighted by molar-refractivity contribution is -0.132. The molecule has 1 aliphatic carbocycles. The van der Waals surface area contributed by atoms with Crippen LogP contribution in [0.2, 0.25) is 0 Å². The zero-order chi connectivity index (χ0) is 22.7. The zero-order valence-electron chi connectivity index (χ0n) is 19.5. The SMILES string of the molecule is COCCc1nc2c(N)nc3c(c2n1CCCCN(C(C)=O)C1CCOC1C)C=CCC3. The minimum atomic E-state index is 0.103. The third-order valence-electron chi connectivity index (χ3n) is 6.64. The van der Waals surface area contributed by atoms with E-state index in [1.807, 2.05) is 4.90 Å². The fourth-order valence-electron chi connectivity index (χ4n) is 5.00. The first-order chi connectivity index (χ1) is 15.5. The highest BCUT2D eigenvalue weighted by Gasteiger charge is 2.31. The number of anilines is 1. The first kappa shape index (κ1) is 22.7. The van der Waals surface area contributed by atoms with Crippen LogP contribution in [0, 0.1) is 0 Å². The number of fused-ring (bicyclic) bond motifs is 3. The summed E-state index contributed by atoms with van der Waals surface area (Å²) in [6.07, 6.45) is 9.85. The zero-order valence-corrected chi connectivity index (χ0v) is 19.5. The summed E-state index contributed by atoms with van der Waals surface area (Å²) in [6, 6.07) is 0.182. The highest BCUT2D eigenvalue weighted by atomic mass is 16.5. The van der Waals surface area contributed by atoms with E-state index in [4.69, 9.17) is 20.2 Å². The van der Waals surface area contributed by atoms with Crippen molar-refractivity contribution in [2.24, 2.45) is 0 Å². The molecule has 2 unspecified atom stereocenters. The van der Waals surface area contributed by atoms with E-state index in [1.165, 1.54) is 0 Å². The van der Waals surface area contributed by atoms with Gasteiger partial charge in [-0.1, -0.05) is 12.2 Å². The van der Waals surface area contributed by atoms with E-state index in [-0.39, 0.29) is 18.1 Å². The van der Waals surface area contributed by atoms with Gasteiger partial charge in [-0.15, -0.1) is 0 Å². The summed E-state index contributed by atoms with van der Waals surface area (Å²) in [5, 5.41) is 0. The number of aryl methyl sites for hydroxylation is 2. The first-order valence-electron chi connectivity index (χ1n) is 11.7. The van der Waals surface area contributed by atoms with Crippen LogP contribution < -0.4 is 5.73 Å². The molecule has 8 heteroatoms. The van der Waals surface area contributed by atoms with Gasteiger partial charge in [0.2, 0.25) is 5.91 Å². The van der Waals surface area contributed by atoms with Crippen LogP contribution in [0.25, 0.3) is 17.1 Å². The van der Waals surface area contributed by atoms with Crippen molar-refractivity contribution in [1.82, 2.24) is 19.4 Å². The normalized spacial score (nSPS) is 20.1. The van der Waals surface area contributed by atoms with Crippen molar-refractivity contribution < 1.29 is 14.3 Å². The summed E-state index contributed by atoms with van der Waals surface area (Å²) in [5.74, 6) is 1.60. The molecule has 2 aliphatic rings. The smallest absolute Gasteiger partial charge is 0.219 e. The number of methoxy groups -OCH3 is 1. The van der Waals surface area contributed by atoms with Crippen LogP contribution >= 0.6 is 0 Å². The summed E-state index contributed by atoms with van der Waals surface area (Å²) in [6.45, 7) is 6.62. The van der Waals surface area contributed by atoms with Crippen molar-refractivity contribution in [3.05, 3.63) is 23.2 Å². The molecular weight excluding hydrogens is 406 g/mol. The van der Waals surface area contributed by atoms with Gasteiger partial charge in [0, 0.05) is 45.7 Å². The molecule has 2 N–H and O–H groups in total. The number of allylic oxidation sites excluding steroid dienone is 1. The Kier molecular flexibility index (Phi) is 7.10. The molecule has 3 heterocycles. The molecule has 2 aromatic heterocycles. The molecule has 0 saturated carbocycles. The highest BCUT2D eigenvalue weighted by Crippen LogP contribution is 2.31. The number of imidazole rings is 1. The Hall–Kier alpha value is -2.45. The quantitative estimate of drug-likeness (QED) is 0.601. The minimum Gasteiger partial charge on any atom is -0.384 e. The first-order valence-corrected chi connectivity index (χ1v) is 11.7. The van der Waals surface area contributed by atoms with Crippen molar-refractivity contribution in [3.63, 3.8) is 0 Å². The van der Waals surface area contributed by atoms with Crippen molar-refractivity contribution in [1.29, 1.82) is 0 Å². The molecular formula is C24H35N5O3. The highest BCUT2D eigenvalue weighted by molar-refractivity contribution is 5.93. The standard InChI is InChI=1S/C24H35N5O3/c1-16-20(10-15-32-16)28(17(2)30)12-6-7-13-29-21(11-14-31-3)27-22-23(29)18-8-4-5-9-19(18)26-24(22)25/h4,8,16,20H,5-7,9-15H2,1-3H3,(H2,25,26). The minimum absolute atomic E-state index is 0.103. The Bertz CT molecular complexity index is 999. The fourth-order valence-corrected chi connectivity index (χ4v) is 5.00. The number of nitrogen functional groups attached to an aromatic ring is 1. The van der Waals surface area contributed by atoms with Crippen LogP contribution in [-0.2, 0) is 33.7 Å². The maximum Gasteiger partial charge on any atom is 0.219 e. The van der Waals surface area contributed by atoms with Crippen LogP contribution in [0.3, 0.4) is 0 Å². The number of nitrogens with zero attached hydrogens (tertiary/aromatic N) is 4. The van der Waals surface area contributed by atoms with Gasteiger partial charge in [-0.05, 0) is 39.0 Å². The van der Waals surface area contributed by atoms with Crippen molar-refractivity contribution in [3.8, 4) is 0 Å². The van der Waals surface area contributed by atoms with Gasteiger partial charge in [-0.25, -0.2) is 9.97 Å². The molecule has 8 nitrogen and oxygen atoms in total. The van der Waals surface area contributed by atoms with E-state index in [2.05, 4.69) is 28.6 Å². The molecule has 1 fully saturated rings. The topological polar surface area (TPSA) is 95.5 Å². The summed E-state index contributed by atoms with van der Waals surface area (Å²) >= 11 is 0. The van der Waals surface area contributed by atoms with E-state index >= 15 is 0 Å². The van der Waals surface area contributed by atoms with Gasteiger partial charge in [0.15, 0.2) is 5.82 Å². The number of rotatable bonds is 9. The molecule has 1 aliphatic heterocycles. The Labute approximate surface area is 189 Å². The second-order valence-corrected chi connectivity index (χ2v) is 8.77. The fraction of sp³-hybridized carbons (Fsp3) is 0.625. The summed E-state index contributed by atoms with van der Waals surface area (Å²) in [5.41, 5.74) is 10.4. The number of hydrogen-bond donors (Lipinski definition) is 1. The number of carbonyl (C=O) groups excluding carboxylic acids is 1. The molecule has 1 saturated heterocycles. The lowest BCUT2D eigenvalue weighted by Gasteiger charge is -2.30. The second-order valence-electron chi connectivity index (χ2n) is 8.77. The van der Waals surface area contributed by atoms with Gasteiger partial charge in [0.25, 0.3) is 0 Å². The predicted octanol–water partition coefficient (Wildman–Crippen LogP) is 2.97. The number of ether oxygens (including phenoxy) is 2. The van der Waals surface area contributed by atoms with Crippen LogP contribution in [0.4, 0.5) is 5.82 Å². The number of pyridine rings is 1. The molecule has 0 radical (unpaired) electrons. The van der Waals surface area contributed by atoms with Crippen molar-refractivity contribution >= 4 is 28.8 Å². The van der Waals surface area contributed by atoms with Crippen LogP contribution in [0.15, 0.2) is 6.08 Å². The molecule has 0 spiro atoms. The van der Waals surface area contributed by atoms with Gasteiger partial charge >= 0.3 is 0 Å². The number of amides is 1. The van der Waals surface area contributed by atoms with E-state index in [9.17, 15) is 4.79 Å². The lowest BCUT2D eigenvalue weighted by Crippen LogP contribution is -2.43. The molecule has 2 aromatic rings. The van der Waals surface area contributed by atoms with Gasteiger partial charge in [0.1, 0.15) is 11.3 Å². The summed E-state index contributed by atoms with van der Waals surface area (Å²) in [4.78, 5) is 23.7. The predicted molar refractivity (Wildman–Crippen MR) is 125 cm³/mol. The number of unbranched alkanes of at least 4 members (excludes halogenated alkanes) is 1. The molecule has 0 bridgehead atoms. The lowest BCUT2D eigenvalue weighted by atomic mass is 10.0. The van der Waals surface area contributed by atoms with Crippen LogP contribution in [0.1, 0.15) is 56.6 Å². The van der Waals surface area contributed by atoms with Crippen molar-refractivity contribution in [2.75, 3.05) is 32.6 Å². The Morgan fingerprint density at radius 1 is 1.38 bits per heavy atom. The number of aromatic nitrogens is 3. The van der Waals surface area contributed by atoms with E-state index in [0.29, 0.717) is 12.4 Å². The van der Waals surface area contributed by atoms with Gasteiger partial charge in [-0.2, -0.15) is 0 Å². The van der Waals surface area contributed by atoms with Crippen LogP contribution in [-0.4, -0.2) is 64.4 Å². The molecule has 4 rings (SSSR count). The molecule has 0 aromatic carbocycles. The largest absolute Gasteiger partial charge is 0.384 e. The maximum absolute atomic E-state index is 12.3. The van der Waals surface area contributed by atoms with Gasteiger partial charge < -0.3 is 24.7 Å². The average Bonchev–Trinajstić information content (AvgIpc) is 3.36. The molecule has 1 amide bonds. The molecule has 2 atom stereocenters. The van der Waals surface area contributed by atoms with E-state index < -0.39 is 0 Å². The average molecular weight is 442 g/mol. The van der Waals surface area contributed by atoms with Gasteiger partial charge in [-0.3, -0.25) is 4.79 Å². The van der Waals surface area contributed by atoms with E-state index in [1.54, 1.807) is 14.0 Å². The number of nitrogens with two attached hydrogens (primary N) is 1. The Morgan fingerprint density at radius 3 is 2.94 bits per heavy atom. The molecule has 174 valence electrons. The third kappa shape index (κ3) is 4.52. The second kappa shape index (κ2) is 10.0. The monoisotopic (exact) mass is 441 g/mol. The van der Waals surface area contributed by atoms with Crippen molar-refractivity contribution in [2.45, 2.75) is 71.1 Å².